The van der Waals surface area contributed by atoms with Crippen LogP contribution in [0.1, 0.15) is 169 Å². The number of rotatable bonds is 0. The van der Waals surface area contributed by atoms with Crippen molar-refractivity contribution in [1.82, 2.24) is 0 Å². The molecule has 360 valence electrons. The molecule has 12 bridgehead atoms. The summed E-state index contributed by atoms with van der Waals surface area (Å²) >= 11 is 0. The van der Waals surface area contributed by atoms with Gasteiger partial charge in [-0.2, -0.15) is 0 Å². The Kier molecular flexibility index (Phi) is 13.4. The van der Waals surface area contributed by atoms with Crippen molar-refractivity contribution in [1.29, 1.82) is 0 Å². The van der Waals surface area contributed by atoms with Crippen molar-refractivity contribution < 1.29 is 20.4 Å². The summed E-state index contributed by atoms with van der Waals surface area (Å²) in [6.45, 7) is 0. The zero-order valence-corrected chi connectivity index (χ0v) is 40.0. The van der Waals surface area contributed by atoms with Crippen molar-refractivity contribution in [3.05, 3.63) is 115 Å². The summed E-state index contributed by atoms with van der Waals surface area (Å²) in [5.74, 6) is 0.431. The first-order chi connectivity index (χ1) is 34.3. The zero-order chi connectivity index (χ0) is 47.6. The summed E-state index contributed by atoms with van der Waals surface area (Å²) in [6, 6.07) is 15.1. The van der Waals surface area contributed by atoms with Crippen LogP contribution in [0.4, 0.5) is 0 Å². The third-order valence-corrected chi connectivity index (χ3v) is 15.7. The third-order valence-electron chi connectivity index (χ3n) is 15.7. The highest BCUT2D eigenvalue weighted by atomic mass is 16.3. The molecule has 0 saturated heterocycles. The van der Waals surface area contributed by atoms with E-state index >= 15 is 0 Å². The van der Waals surface area contributed by atoms with E-state index in [2.05, 4.69) is 0 Å². The van der Waals surface area contributed by atoms with Crippen molar-refractivity contribution >= 4 is 49.7 Å². The molecule has 4 saturated carbocycles. The van der Waals surface area contributed by atoms with Crippen LogP contribution in [0.2, 0.25) is 0 Å². The van der Waals surface area contributed by atoms with E-state index < -0.39 is 0 Å². The van der Waals surface area contributed by atoms with Gasteiger partial charge < -0.3 is 20.4 Å². The smallest absolute Gasteiger partial charge is 0.133 e. The number of hydrogen-bond acceptors (Lipinski definition) is 12. The molecule has 0 aromatic heterocycles. The molecule has 4 aliphatic carbocycles. The molecule has 0 amide bonds. The largest absolute Gasteiger partial charge is 0.507 e. The second-order valence-electron chi connectivity index (χ2n) is 20.7. The first-order valence-corrected chi connectivity index (χ1v) is 26.0. The van der Waals surface area contributed by atoms with Crippen LogP contribution in [0.15, 0.2) is 88.5 Å². The van der Waals surface area contributed by atoms with E-state index in [-0.39, 0.29) is 71.3 Å². The molecule has 12 heteroatoms. The summed E-state index contributed by atoms with van der Waals surface area (Å²) in [6.07, 6.45) is 30.4. The van der Waals surface area contributed by atoms with Crippen LogP contribution in [0.5, 0.6) is 23.0 Å². The highest BCUT2D eigenvalue weighted by Crippen LogP contribution is 2.35. The highest BCUT2D eigenvalue weighted by Gasteiger charge is 2.28. The van der Waals surface area contributed by atoms with Gasteiger partial charge in [0.25, 0.3) is 0 Å². The number of phenols is 4. The fraction of sp³-hybridized carbons (Fsp3) is 0.448. The van der Waals surface area contributed by atoms with Gasteiger partial charge in [-0.25, -0.2) is 0 Å². The molecular weight excluding hydrogens is 873 g/mol. The molecule has 0 unspecified atom stereocenters. The fourth-order valence-corrected chi connectivity index (χ4v) is 11.8. The van der Waals surface area contributed by atoms with E-state index in [1.54, 1.807) is 0 Å². The molecule has 0 radical (unpaired) electrons. The highest BCUT2D eigenvalue weighted by molar-refractivity contribution is 5.96. The van der Waals surface area contributed by atoms with Gasteiger partial charge in [0.05, 0.1) is 48.3 Å². The van der Waals surface area contributed by atoms with Gasteiger partial charge in [-0.15, -0.1) is 0 Å². The van der Waals surface area contributed by atoms with E-state index in [4.69, 9.17) is 39.9 Å². The molecule has 8 atom stereocenters. The number of aromatic hydroxyl groups is 4. The lowest BCUT2D eigenvalue weighted by Gasteiger charge is -2.26. The van der Waals surface area contributed by atoms with E-state index in [0.717, 1.165) is 125 Å². The van der Waals surface area contributed by atoms with Gasteiger partial charge in [-0.3, -0.25) is 39.9 Å². The topological polar surface area (TPSA) is 180 Å². The molecule has 4 aliphatic heterocycles. The van der Waals surface area contributed by atoms with E-state index in [0.29, 0.717) is 57.3 Å². The van der Waals surface area contributed by atoms with Gasteiger partial charge in [0.15, 0.2) is 0 Å². The minimum absolute atomic E-state index is 0.108. The lowest BCUT2D eigenvalue weighted by molar-refractivity contribution is 0.389. The lowest BCUT2D eigenvalue weighted by atomic mass is 9.90. The molecule has 12 nitrogen and oxygen atoms in total. The van der Waals surface area contributed by atoms with Crippen LogP contribution in [0, 0.1) is 0 Å². The van der Waals surface area contributed by atoms with Crippen molar-refractivity contribution in [2.24, 2.45) is 39.9 Å². The summed E-state index contributed by atoms with van der Waals surface area (Å²) in [5, 5.41) is 48.4. The maximum Gasteiger partial charge on any atom is 0.133 e. The molecule has 70 heavy (non-hydrogen) atoms. The molecule has 12 rings (SSSR count). The van der Waals surface area contributed by atoms with Gasteiger partial charge in [-0.1, -0.05) is 51.4 Å². The molecule has 8 aliphatic rings. The summed E-state index contributed by atoms with van der Waals surface area (Å²) in [5.41, 5.74) is 8.58. The number of benzene rings is 4. The van der Waals surface area contributed by atoms with Gasteiger partial charge in [-0.05, 0) is 135 Å². The predicted octanol–water partition coefficient (Wildman–Crippen LogP) is 10.0. The van der Waals surface area contributed by atoms with Crippen LogP contribution in [-0.2, 0) is 12.8 Å². The Bertz CT molecular complexity index is 2320. The van der Waals surface area contributed by atoms with Crippen LogP contribution in [0.25, 0.3) is 0 Å². The molecule has 4 N–H and O–H groups in total. The van der Waals surface area contributed by atoms with Crippen LogP contribution >= 0.6 is 0 Å². The standard InChI is InChI=1S/C58H64N8O4/c67-55-39-19-35-17-37-23-43-31-64-52-14-6-5-13-51(52)62-30-42-22-36(20-40(56(42)68)28-60-48-10-2-1-9-47(48)59-27-39)18-38-25-45(33-63-50-12-4-3-11-49(50)61-29-41(55)21-35)58(70)46(26-38)34-66-54-16-8-7-15-53(54)65-32-44(24-37)57(43)69/h19-34,47-54,67-70H,1-18H2/t47-,48-,49-,50-,51-,52-,53-,54-/m1/s1. The van der Waals surface area contributed by atoms with Crippen molar-refractivity contribution in [2.75, 3.05) is 0 Å². The quantitative estimate of drug-likeness (QED) is 0.137. The number of hydrogen-bond donors (Lipinski definition) is 4. The maximum atomic E-state index is 12.1. The molecular formula is C58H64N8O4. The summed E-state index contributed by atoms with van der Waals surface area (Å²) in [4.78, 5) is 41.5. The van der Waals surface area contributed by atoms with Gasteiger partial charge >= 0.3 is 0 Å². The van der Waals surface area contributed by atoms with Crippen molar-refractivity contribution in [2.45, 2.75) is 164 Å². The average molecular weight is 937 g/mol. The van der Waals surface area contributed by atoms with Gasteiger partial charge in [0.2, 0.25) is 0 Å². The average Bonchev–Trinajstić information content (AvgIpc) is 3.37. The monoisotopic (exact) mass is 937 g/mol. The molecule has 0 spiro atoms. The minimum atomic E-state index is -0.130. The van der Waals surface area contributed by atoms with Crippen LogP contribution in [-0.4, -0.2) is 118 Å². The fourth-order valence-electron chi connectivity index (χ4n) is 11.8. The summed E-state index contributed by atoms with van der Waals surface area (Å²) < 4.78 is 0. The molecule has 4 aromatic rings. The van der Waals surface area contributed by atoms with Crippen LogP contribution in [0.3, 0.4) is 0 Å². The Morgan fingerprint density at radius 1 is 0.243 bits per heavy atom. The maximum absolute atomic E-state index is 12.1. The normalized spacial score (nSPS) is 27.3. The predicted molar refractivity (Wildman–Crippen MR) is 283 cm³/mol. The van der Waals surface area contributed by atoms with Gasteiger partial charge in [0.1, 0.15) is 23.0 Å². The molecule has 4 fully saturated rings. The Labute approximate surface area is 410 Å². The SMILES string of the molecule is Oc1c2cc3cc1C=N[C@@H]1CCCC[C@H]1N=Cc1cc4cc(c1O)C=N[C@@H]1CCCC[C@H]1N=Cc1cc(cc(c1O)C=N[C@@H]1CCCC[C@H]1N=Cc1cc(cc(c1O)C=N[C@@H]1CCCC[C@H]1N=C2)C4)C3. The number of nitrogens with zero attached hydrogens (tertiary/aromatic N) is 8. The van der Waals surface area contributed by atoms with Gasteiger partial charge in [0, 0.05) is 94.2 Å². The number of phenolic OH excluding ortho intramolecular Hbond substituents is 4. The van der Waals surface area contributed by atoms with Crippen LogP contribution < -0.4 is 0 Å². The first-order valence-electron chi connectivity index (χ1n) is 26.0. The van der Waals surface area contributed by atoms with E-state index in [1.807, 2.05) is 98.2 Å². The Hall–Kier alpha value is -6.56. The Morgan fingerprint density at radius 3 is 0.529 bits per heavy atom. The minimum Gasteiger partial charge on any atom is -0.507 e. The third kappa shape index (κ3) is 10.1. The van der Waals surface area contributed by atoms with Crippen molar-refractivity contribution in [3.8, 4) is 23.0 Å². The zero-order valence-electron chi connectivity index (χ0n) is 40.0. The van der Waals surface area contributed by atoms with E-state index in [9.17, 15) is 20.4 Å². The molecule has 4 heterocycles. The lowest BCUT2D eigenvalue weighted by Crippen LogP contribution is -2.27. The second kappa shape index (κ2) is 20.4. The first kappa shape index (κ1) is 45.9. The van der Waals surface area contributed by atoms with Crippen molar-refractivity contribution in [3.63, 3.8) is 0 Å². The van der Waals surface area contributed by atoms with E-state index in [1.165, 1.54) is 0 Å². The molecule has 4 aromatic carbocycles. The summed E-state index contributed by atoms with van der Waals surface area (Å²) in [7, 11) is 0. The number of aliphatic imine (C=N–C) groups is 8. The Morgan fingerprint density at radius 2 is 0.386 bits per heavy atom. The Balaban J connectivity index is 1.20. The second-order valence-corrected chi connectivity index (χ2v) is 20.7.